The van der Waals surface area contributed by atoms with E-state index in [1.54, 1.807) is 11.0 Å². The topological polar surface area (TPSA) is 78.8 Å². The zero-order valence-corrected chi connectivity index (χ0v) is 17.2. The van der Waals surface area contributed by atoms with Crippen molar-refractivity contribution in [2.75, 3.05) is 20.1 Å². The second-order valence-electron chi connectivity index (χ2n) is 7.48. The molecule has 154 valence electrons. The van der Waals surface area contributed by atoms with Gasteiger partial charge in [-0.2, -0.15) is 5.10 Å². The zero-order valence-electron chi connectivity index (χ0n) is 17.2. The first-order chi connectivity index (χ1) is 14.6. The predicted molar refractivity (Wildman–Crippen MR) is 117 cm³/mol. The Balaban J connectivity index is 1.27. The predicted octanol–water partition coefficient (Wildman–Crippen LogP) is 3.10. The van der Waals surface area contributed by atoms with Gasteiger partial charge >= 0.3 is 0 Å². The highest BCUT2D eigenvalue weighted by Gasteiger charge is 2.15. The molecule has 2 aromatic heterocycles. The first-order valence-electron chi connectivity index (χ1n) is 10.1. The van der Waals surface area contributed by atoms with E-state index in [-0.39, 0.29) is 11.9 Å². The van der Waals surface area contributed by atoms with Gasteiger partial charge in [-0.1, -0.05) is 30.3 Å². The SMILES string of the molecule is C[C@@H](c1ccc(-n2cncn2)cc1)N(C)CC(=O)NCCc1c[nH]c2ccccc12. The number of nitrogens with zero attached hydrogens (tertiary/aromatic N) is 4. The molecule has 0 spiro atoms. The van der Waals surface area contributed by atoms with E-state index in [1.165, 1.54) is 17.3 Å². The van der Waals surface area contributed by atoms with Crippen molar-refractivity contribution in [3.05, 3.63) is 78.5 Å². The van der Waals surface area contributed by atoms with Crippen LogP contribution in [0.3, 0.4) is 0 Å². The first kappa shape index (κ1) is 19.8. The van der Waals surface area contributed by atoms with E-state index in [4.69, 9.17) is 0 Å². The van der Waals surface area contributed by atoms with Gasteiger partial charge in [0.1, 0.15) is 12.7 Å². The Bertz CT molecular complexity index is 1100. The number of aromatic nitrogens is 4. The summed E-state index contributed by atoms with van der Waals surface area (Å²) in [6.07, 6.45) is 6.01. The summed E-state index contributed by atoms with van der Waals surface area (Å²) in [5.74, 6) is 0.0310. The van der Waals surface area contributed by atoms with Gasteiger partial charge in [0, 0.05) is 29.7 Å². The highest BCUT2D eigenvalue weighted by atomic mass is 16.2. The maximum absolute atomic E-state index is 12.4. The van der Waals surface area contributed by atoms with Gasteiger partial charge < -0.3 is 10.3 Å². The lowest BCUT2D eigenvalue weighted by atomic mass is 10.1. The molecule has 0 radical (unpaired) electrons. The molecular weight excluding hydrogens is 376 g/mol. The molecule has 1 atom stereocenters. The minimum absolute atomic E-state index is 0.0310. The van der Waals surface area contributed by atoms with Crippen LogP contribution in [0.2, 0.25) is 0 Å². The Morgan fingerprint density at radius 2 is 2.00 bits per heavy atom. The lowest BCUT2D eigenvalue weighted by Gasteiger charge is -2.24. The monoisotopic (exact) mass is 402 g/mol. The maximum atomic E-state index is 12.4. The number of para-hydroxylation sites is 1. The number of aromatic amines is 1. The third-order valence-corrected chi connectivity index (χ3v) is 5.50. The van der Waals surface area contributed by atoms with E-state index < -0.39 is 0 Å². The van der Waals surface area contributed by atoms with Crippen LogP contribution in [-0.2, 0) is 11.2 Å². The molecule has 0 aliphatic heterocycles. The molecule has 2 aromatic carbocycles. The van der Waals surface area contributed by atoms with E-state index in [0.717, 1.165) is 23.2 Å². The molecule has 7 nitrogen and oxygen atoms in total. The Labute approximate surface area is 175 Å². The van der Waals surface area contributed by atoms with Crippen molar-refractivity contribution in [1.82, 2.24) is 30.0 Å². The van der Waals surface area contributed by atoms with Gasteiger partial charge in [-0.05, 0) is 49.7 Å². The quantitative estimate of drug-likeness (QED) is 0.475. The minimum atomic E-state index is 0.0310. The number of amides is 1. The number of likely N-dealkylation sites (N-methyl/N-ethyl adjacent to an activating group) is 1. The van der Waals surface area contributed by atoms with Crippen molar-refractivity contribution < 1.29 is 4.79 Å². The van der Waals surface area contributed by atoms with Gasteiger partial charge in [0.15, 0.2) is 0 Å². The number of fused-ring (bicyclic) bond motifs is 1. The molecule has 0 fully saturated rings. The van der Waals surface area contributed by atoms with E-state index in [2.05, 4.69) is 51.6 Å². The van der Waals surface area contributed by atoms with E-state index in [9.17, 15) is 4.79 Å². The third-order valence-electron chi connectivity index (χ3n) is 5.50. The molecule has 4 rings (SSSR count). The van der Waals surface area contributed by atoms with Crippen LogP contribution in [-0.4, -0.2) is 50.7 Å². The lowest BCUT2D eigenvalue weighted by Crippen LogP contribution is -2.37. The molecule has 0 bridgehead atoms. The summed E-state index contributed by atoms with van der Waals surface area (Å²) < 4.78 is 1.72. The highest BCUT2D eigenvalue weighted by Crippen LogP contribution is 2.20. The summed E-state index contributed by atoms with van der Waals surface area (Å²) in [7, 11) is 1.97. The van der Waals surface area contributed by atoms with E-state index >= 15 is 0 Å². The van der Waals surface area contributed by atoms with E-state index in [0.29, 0.717) is 13.1 Å². The number of benzene rings is 2. The van der Waals surface area contributed by atoms with Gasteiger partial charge in [-0.3, -0.25) is 9.69 Å². The molecule has 2 heterocycles. The molecule has 1 amide bonds. The third kappa shape index (κ3) is 4.41. The summed E-state index contributed by atoms with van der Waals surface area (Å²) in [5, 5.41) is 8.39. The van der Waals surface area contributed by atoms with Crippen LogP contribution in [0.1, 0.15) is 24.1 Å². The Morgan fingerprint density at radius 3 is 2.77 bits per heavy atom. The normalized spacial score (nSPS) is 12.4. The maximum Gasteiger partial charge on any atom is 0.234 e. The number of rotatable bonds is 8. The van der Waals surface area contributed by atoms with Crippen molar-refractivity contribution in [1.29, 1.82) is 0 Å². The molecular formula is C23H26N6O. The molecule has 0 saturated heterocycles. The van der Waals surface area contributed by atoms with Crippen LogP contribution >= 0.6 is 0 Å². The molecule has 0 unspecified atom stereocenters. The summed E-state index contributed by atoms with van der Waals surface area (Å²) >= 11 is 0. The van der Waals surface area contributed by atoms with Gasteiger partial charge in [0.2, 0.25) is 5.91 Å². The van der Waals surface area contributed by atoms with Crippen molar-refractivity contribution in [2.24, 2.45) is 0 Å². The number of nitrogens with one attached hydrogen (secondary N) is 2. The van der Waals surface area contributed by atoms with Crippen LogP contribution in [0, 0.1) is 0 Å². The summed E-state index contributed by atoms with van der Waals surface area (Å²) in [5.41, 5.74) is 4.46. The Hall–Kier alpha value is -3.45. The fourth-order valence-electron chi connectivity index (χ4n) is 3.60. The van der Waals surface area contributed by atoms with Crippen LogP contribution in [0.15, 0.2) is 67.4 Å². The lowest BCUT2D eigenvalue weighted by molar-refractivity contribution is -0.122. The smallest absolute Gasteiger partial charge is 0.234 e. The van der Waals surface area contributed by atoms with Gasteiger partial charge in [-0.25, -0.2) is 9.67 Å². The summed E-state index contributed by atoms with van der Waals surface area (Å²) in [6, 6.07) is 16.5. The second kappa shape index (κ2) is 8.92. The van der Waals surface area contributed by atoms with Gasteiger partial charge in [-0.15, -0.1) is 0 Å². The van der Waals surface area contributed by atoms with Crippen LogP contribution in [0.4, 0.5) is 0 Å². The first-order valence-corrected chi connectivity index (χ1v) is 10.1. The summed E-state index contributed by atoms with van der Waals surface area (Å²) in [6.45, 7) is 3.07. The number of hydrogen-bond acceptors (Lipinski definition) is 4. The Morgan fingerprint density at radius 1 is 1.20 bits per heavy atom. The molecule has 0 aliphatic carbocycles. The number of carbonyl (C=O) groups excluding carboxylic acids is 1. The van der Waals surface area contributed by atoms with Gasteiger partial charge in [0.05, 0.1) is 12.2 Å². The van der Waals surface area contributed by atoms with Gasteiger partial charge in [0.25, 0.3) is 0 Å². The molecule has 0 aliphatic rings. The van der Waals surface area contributed by atoms with Crippen molar-refractivity contribution >= 4 is 16.8 Å². The molecule has 0 saturated carbocycles. The summed E-state index contributed by atoms with van der Waals surface area (Å²) in [4.78, 5) is 21.7. The number of carbonyl (C=O) groups is 1. The molecule has 30 heavy (non-hydrogen) atoms. The largest absolute Gasteiger partial charge is 0.361 e. The Kier molecular flexibility index (Phi) is 5.90. The van der Waals surface area contributed by atoms with Crippen LogP contribution in [0.25, 0.3) is 16.6 Å². The van der Waals surface area contributed by atoms with E-state index in [1.807, 2.05) is 42.4 Å². The van der Waals surface area contributed by atoms with Crippen molar-refractivity contribution in [3.8, 4) is 5.69 Å². The second-order valence-corrected chi connectivity index (χ2v) is 7.48. The fraction of sp³-hybridized carbons (Fsp3) is 0.261. The average Bonchev–Trinajstić information content (AvgIpc) is 3.44. The van der Waals surface area contributed by atoms with Crippen molar-refractivity contribution in [3.63, 3.8) is 0 Å². The highest BCUT2D eigenvalue weighted by molar-refractivity contribution is 5.83. The van der Waals surface area contributed by atoms with Crippen molar-refractivity contribution in [2.45, 2.75) is 19.4 Å². The number of H-pyrrole nitrogens is 1. The average molecular weight is 403 g/mol. The molecule has 7 heteroatoms. The molecule has 2 N–H and O–H groups in total. The van der Waals surface area contributed by atoms with Crippen LogP contribution < -0.4 is 5.32 Å². The minimum Gasteiger partial charge on any atom is -0.361 e. The standard InChI is InChI=1S/C23H26N6O/c1-17(18-7-9-20(10-8-18)29-16-24-15-27-29)28(2)14-23(30)25-12-11-19-13-26-22-6-4-3-5-21(19)22/h3-10,13,15-17,26H,11-12,14H2,1-2H3,(H,25,30)/t17-/m0/s1. The fourth-order valence-corrected chi connectivity index (χ4v) is 3.60. The zero-order chi connectivity index (χ0) is 20.9. The van der Waals surface area contributed by atoms with Crippen LogP contribution in [0.5, 0.6) is 0 Å². The molecule has 4 aromatic rings. The number of hydrogen-bond donors (Lipinski definition) is 2.